The summed E-state index contributed by atoms with van der Waals surface area (Å²) in [6, 6.07) is 11.6. The number of thioether (sulfide) groups is 2. The number of nitrogens with zero attached hydrogens (tertiary/aromatic N) is 4. The normalized spacial score (nSPS) is 16.4. The molecule has 5 nitrogen and oxygen atoms in total. The molecule has 3 heterocycles. The Morgan fingerprint density at radius 2 is 2.09 bits per heavy atom. The molecule has 0 aliphatic carbocycles. The van der Waals surface area contributed by atoms with Crippen molar-refractivity contribution in [1.29, 1.82) is 0 Å². The van der Waals surface area contributed by atoms with E-state index in [0.717, 1.165) is 32.9 Å². The molecule has 1 N–H and O–H groups in total. The Labute approximate surface area is 142 Å². The summed E-state index contributed by atoms with van der Waals surface area (Å²) >= 11 is 3.53. The summed E-state index contributed by atoms with van der Waals surface area (Å²) in [5, 5.41) is 19.0. The first-order valence-corrected chi connectivity index (χ1v) is 9.18. The minimum atomic E-state index is 0.297. The summed E-state index contributed by atoms with van der Waals surface area (Å²) in [5.41, 5.74) is 0.994. The Bertz CT molecular complexity index is 805. The summed E-state index contributed by atoms with van der Waals surface area (Å²) in [5.74, 6) is 3.12. The first-order chi connectivity index (χ1) is 11.3. The molecule has 116 valence electrons. The largest absolute Gasteiger partial charge is 0.508 e. The van der Waals surface area contributed by atoms with Gasteiger partial charge in [0.15, 0.2) is 11.0 Å². The lowest BCUT2D eigenvalue weighted by atomic mass is 10.2. The van der Waals surface area contributed by atoms with Crippen LogP contribution in [0.5, 0.6) is 5.75 Å². The van der Waals surface area contributed by atoms with E-state index in [1.54, 1.807) is 41.9 Å². The van der Waals surface area contributed by atoms with Gasteiger partial charge in [-0.15, -0.1) is 22.0 Å². The fraction of sp³-hybridized carbons (Fsp3) is 0.188. The summed E-state index contributed by atoms with van der Waals surface area (Å²) in [7, 11) is 0. The van der Waals surface area contributed by atoms with E-state index in [0.29, 0.717) is 11.8 Å². The molecule has 0 fully saturated rings. The standard InChI is InChI=1S/C16H14N4OS2/c21-13-3-5-14(6-4-13)22-9-12-10-23-16-19-18-15(20(12)16)11-2-1-7-17-8-11/h1-8,12,21H,9-10H2/t12-/m0/s1. The molecule has 0 radical (unpaired) electrons. The SMILES string of the molecule is Oc1ccc(SC[C@H]2CSc3nnc(-c4cccnc4)n32)cc1. The molecule has 3 aromatic rings. The topological polar surface area (TPSA) is 63.8 Å². The third kappa shape index (κ3) is 2.94. The van der Waals surface area contributed by atoms with Gasteiger partial charge in [-0.2, -0.15) is 0 Å². The van der Waals surface area contributed by atoms with Crippen molar-refractivity contribution in [2.24, 2.45) is 0 Å². The number of fused-ring (bicyclic) bond motifs is 1. The van der Waals surface area contributed by atoms with Gasteiger partial charge in [-0.25, -0.2) is 0 Å². The lowest BCUT2D eigenvalue weighted by Crippen LogP contribution is -2.11. The number of pyridine rings is 1. The maximum Gasteiger partial charge on any atom is 0.191 e. The van der Waals surface area contributed by atoms with Crippen molar-refractivity contribution in [1.82, 2.24) is 19.7 Å². The van der Waals surface area contributed by atoms with Crippen molar-refractivity contribution in [3.05, 3.63) is 48.8 Å². The van der Waals surface area contributed by atoms with Crippen molar-refractivity contribution in [2.75, 3.05) is 11.5 Å². The summed E-state index contributed by atoms with van der Waals surface area (Å²) in [4.78, 5) is 5.33. The van der Waals surface area contributed by atoms with E-state index in [9.17, 15) is 5.11 Å². The van der Waals surface area contributed by atoms with E-state index in [4.69, 9.17) is 0 Å². The zero-order valence-electron chi connectivity index (χ0n) is 12.2. The van der Waals surface area contributed by atoms with Crippen LogP contribution < -0.4 is 0 Å². The molecule has 0 unspecified atom stereocenters. The lowest BCUT2D eigenvalue weighted by Gasteiger charge is -2.14. The highest BCUT2D eigenvalue weighted by atomic mass is 32.2. The van der Waals surface area contributed by atoms with Crippen LogP contribution in [0.4, 0.5) is 0 Å². The molecule has 0 spiro atoms. The van der Waals surface area contributed by atoms with Crippen molar-refractivity contribution in [3.8, 4) is 17.1 Å². The Balaban J connectivity index is 1.55. The summed E-state index contributed by atoms with van der Waals surface area (Å²) in [6.45, 7) is 0. The van der Waals surface area contributed by atoms with Gasteiger partial charge >= 0.3 is 0 Å². The number of hydrogen-bond acceptors (Lipinski definition) is 6. The molecule has 1 aliphatic rings. The molecule has 0 saturated heterocycles. The van der Waals surface area contributed by atoms with Crippen LogP contribution in [-0.2, 0) is 0 Å². The van der Waals surface area contributed by atoms with E-state index in [-0.39, 0.29) is 0 Å². The van der Waals surface area contributed by atoms with Gasteiger partial charge in [0.1, 0.15) is 5.75 Å². The fourth-order valence-corrected chi connectivity index (χ4v) is 4.71. The van der Waals surface area contributed by atoms with E-state index >= 15 is 0 Å². The summed E-state index contributed by atoms with van der Waals surface area (Å²) in [6.07, 6.45) is 3.59. The highest BCUT2D eigenvalue weighted by molar-refractivity contribution is 8.00. The molecule has 4 rings (SSSR count). The van der Waals surface area contributed by atoms with Crippen LogP contribution in [0.15, 0.2) is 58.8 Å². The van der Waals surface area contributed by atoms with Crippen molar-refractivity contribution >= 4 is 23.5 Å². The molecule has 1 aromatic carbocycles. The van der Waals surface area contributed by atoms with Crippen LogP contribution in [0.25, 0.3) is 11.4 Å². The Morgan fingerprint density at radius 1 is 1.22 bits per heavy atom. The molecule has 0 saturated carbocycles. The highest BCUT2D eigenvalue weighted by Gasteiger charge is 2.28. The lowest BCUT2D eigenvalue weighted by molar-refractivity contribution is 0.475. The van der Waals surface area contributed by atoms with Crippen molar-refractivity contribution < 1.29 is 5.11 Å². The maximum atomic E-state index is 9.36. The predicted octanol–water partition coefficient (Wildman–Crippen LogP) is 3.48. The molecule has 0 amide bonds. The average Bonchev–Trinajstić information content (AvgIpc) is 3.17. The van der Waals surface area contributed by atoms with Crippen LogP contribution in [0.2, 0.25) is 0 Å². The Hall–Kier alpha value is -1.99. The second-order valence-corrected chi connectivity index (χ2v) is 7.27. The van der Waals surface area contributed by atoms with Crippen molar-refractivity contribution in [2.45, 2.75) is 16.1 Å². The van der Waals surface area contributed by atoms with Crippen LogP contribution in [0.1, 0.15) is 6.04 Å². The quantitative estimate of drug-likeness (QED) is 0.732. The van der Waals surface area contributed by atoms with Gasteiger partial charge in [0.2, 0.25) is 0 Å². The predicted molar refractivity (Wildman–Crippen MR) is 91.8 cm³/mol. The van der Waals surface area contributed by atoms with Gasteiger partial charge in [0, 0.05) is 34.4 Å². The van der Waals surface area contributed by atoms with E-state index in [2.05, 4.69) is 19.7 Å². The molecule has 0 bridgehead atoms. The highest BCUT2D eigenvalue weighted by Crippen LogP contribution is 2.38. The third-order valence-corrected chi connectivity index (χ3v) is 5.88. The van der Waals surface area contributed by atoms with Gasteiger partial charge in [0.05, 0.1) is 6.04 Å². The Kier molecular flexibility index (Phi) is 3.97. The average molecular weight is 342 g/mol. The van der Waals surface area contributed by atoms with Gasteiger partial charge in [0.25, 0.3) is 0 Å². The molecule has 1 atom stereocenters. The van der Waals surface area contributed by atoms with Gasteiger partial charge in [-0.1, -0.05) is 11.8 Å². The fourth-order valence-electron chi connectivity index (χ4n) is 2.50. The van der Waals surface area contributed by atoms with Crippen LogP contribution >= 0.6 is 23.5 Å². The monoisotopic (exact) mass is 342 g/mol. The van der Waals surface area contributed by atoms with E-state index < -0.39 is 0 Å². The van der Waals surface area contributed by atoms with Crippen molar-refractivity contribution in [3.63, 3.8) is 0 Å². The smallest absolute Gasteiger partial charge is 0.191 e. The van der Waals surface area contributed by atoms with E-state index in [1.807, 2.05) is 30.5 Å². The number of phenols is 1. The molecule has 1 aliphatic heterocycles. The number of hydrogen-bond donors (Lipinski definition) is 1. The minimum absolute atomic E-state index is 0.297. The second-order valence-electron chi connectivity index (χ2n) is 5.19. The molecular formula is C16H14N4OS2. The first kappa shape index (κ1) is 14.6. The molecule has 2 aromatic heterocycles. The number of benzene rings is 1. The third-order valence-electron chi connectivity index (χ3n) is 3.63. The number of phenolic OH excluding ortho intramolecular Hbond substituents is 1. The molecule has 7 heteroatoms. The van der Waals surface area contributed by atoms with Gasteiger partial charge in [-0.3, -0.25) is 9.55 Å². The number of aromatic hydroxyl groups is 1. The van der Waals surface area contributed by atoms with Crippen LogP contribution in [0, 0.1) is 0 Å². The van der Waals surface area contributed by atoms with Gasteiger partial charge in [-0.05, 0) is 36.4 Å². The molecule has 23 heavy (non-hydrogen) atoms. The Morgan fingerprint density at radius 3 is 2.87 bits per heavy atom. The first-order valence-electron chi connectivity index (χ1n) is 7.21. The zero-order valence-corrected chi connectivity index (χ0v) is 13.8. The summed E-state index contributed by atoms with van der Waals surface area (Å²) < 4.78 is 2.22. The van der Waals surface area contributed by atoms with Gasteiger partial charge < -0.3 is 5.11 Å². The second kappa shape index (κ2) is 6.25. The van der Waals surface area contributed by atoms with Crippen LogP contribution in [-0.4, -0.2) is 36.4 Å². The van der Waals surface area contributed by atoms with E-state index in [1.165, 1.54) is 0 Å². The molecular weight excluding hydrogens is 328 g/mol. The van der Waals surface area contributed by atoms with Crippen LogP contribution in [0.3, 0.4) is 0 Å². The maximum absolute atomic E-state index is 9.36. The minimum Gasteiger partial charge on any atom is -0.508 e. The number of aromatic nitrogens is 4. The number of rotatable bonds is 4. The zero-order chi connectivity index (χ0) is 15.6.